The van der Waals surface area contributed by atoms with Crippen molar-refractivity contribution in [1.82, 2.24) is 9.79 Å². The van der Waals surface area contributed by atoms with Crippen molar-refractivity contribution in [2.24, 2.45) is 5.92 Å². The lowest BCUT2D eigenvalue weighted by Gasteiger charge is -2.32. The summed E-state index contributed by atoms with van der Waals surface area (Å²) in [5.41, 5.74) is 2.35. The second kappa shape index (κ2) is 10.1. The lowest BCUT2D eigenvalue weighted by Crippen LogP contribution is -2.51. The van der Waals surface area contributed by atoms with Crippen LogP contribution in [0.4, 0.5) is 0 Å². The van der Waals surface area contributed by atoms with Crippen LogP contribution in [-0.4, -0.2) is 36.5 Å². The van der Waals surface area contributed by atoms with Crippen molar-refractivity contribution in [3.63, 3.8) is 0 Å². The predicted octanol–water partition coefficient (Wildman–Crippen LogP) is 3.96. The molecule has 0 fully saturated rings. The number of benzene rings is 3. The Balaban J connectivity index is 2.12. The van der Waals surface area contributed by atoms with Gasteiger partial charge in [-0.05, 0) is 53.4 Å². The van der Waals surface area contributed by atoms with Crippen LogP contribution < -0.4 is 10.2 Å². The summed E-state index contributed by atoms with van der Waals surface area (Å²) >= 11 is 0. The van der Waals surface area contributed by atoms with Crippen LogP contribution in [0.3, 0.4) is 0 Å². The van der Waals surface area contributed by atoms with Gasteiger partial charge in [-0.3, -0.25) is 10.0 Å². The van der Waals surface area contributed by atoms with Gasteiger partial charge in [0.25, 0.3) is 5.91 Å². The van der Waals surface area contributed by atoms with Crippen molar-refractivity contribution in [1.29, 1.82) is 0 Å². The summed E-state index contributed by atoms with van der Waals surface area (Å²) in [6.45, 7) is 5.84. The highest BCUT2D eigenvalue weighted by Crippen LogP contribution is 2.29. The smallest absolute Gasteiger partial charge is 0.262 e. The van der Waals surface area contributed by atoms with E-state index in [0.717, 1.165) is 15.3 Å². The zero-order valence-corrected chi connectivity index (χ0v) is 19.2. The number of carbonyl (C=O) groups is 1. The van der Waals surface area contributed by atoms with Gasteiger partial charge in [0, 0.05) is 6.54 Å². The van der Waals surface area contributed by atoms with Crippen LogP contribution in [0.5, 0.6) is 5.75 Å². The number of rotatable bonds is 9. The van der Waals surface area contributed by atoms with Gasteiger partial charge in [-0.1, -0.05) is 56.3 Å². The van der Waals surface area contributed by atoms with Crippen LogP contribution in [0.1, 0.15) is 26.3 Å². The van der Waals surface area contributed by atoms with Crippen LogP contribution in [0.15, 0.2) is 71.6 Å². The molecule has 8 heteroatoms. The van der Waals surface area contributed by atoms with E-state index < -0.39 is 22.0 Å². The van der Waals surface area contributed by atoms with Crippen molar-refractivity contribution in [2.75, 3.05) is 6.61 Å². The largest absolute Gasteiger partial charge is 0.494 e. The van der Waals surface area contributed by atoms with Crippen molar-refractivity contribution >= 4 is 26.7 Å². The van der Waals surface area contributed by atoms with Crippen molar-refractivity contribution in [3.8, 4) is 5.75 Å². The number of hydrogen-bond donors (Lipinski definition) is 2. The average molecular weight is 457 g/mol. The molecule has 0 saturated heterocycles. The number of ether oxygens (including phenoxy) is 1. The maximum Gasteiger partial charge on any atom is 0.262 e. The quantitative estimate of drug-likeness (QED) is 0.375. The van der Waals surface area contributed by atoms with Gasteiger partial charge in [0.05, 0.1) is 11.5 Å². The number of nitrogens with zero attached hydrogens (tertiary/aromatic N) is 1. The summed E-state index contributed by atoms with van der Waals surface area (Å²) < 4.78 is 34.3. The van der Waals surface area contributed by atoms with E-state index in [9.17, 15) is 18.4 Å². The van der Waals surface area contributed by atoms with Crippen molar-refractivity contribution < 1.29 is 23.2 Å². The fourth-order valence-electron chi connectivity index (χ4n) is 3.68. The second-order valence-electron chi connectivity index (χ2n) is 7.80. The molecule has 32 heavy (non-hydrogen) atoms. The van der Waals surface area contributed by atoms with E-state index in [-0.39, 0.29) is 17.4 Å². The van der Waals surface area contributed by atoms with E-state index in [2.05, 4.69) is 0 Å². The first-order chi connectivity index (χ1) is 15.3. The number of amides is 1. The van der Waals surface area contributed by atoms with Crippen LogP contribution in [-0.2, 0) is 21.4 Å². The van der Waals surface area contributed by atoms with Gasteiger partial charge in [-0.2, -0.15) is 4.31 Å². The Morgan fingerprint density at radius 3 is 2.34 bits per heavy atom. The van der Waals surface area contributed by atoms with E-state index in [1.807, 2.05) is 37.3 Å². The van der Waals surface area contributed by atoms with E-state index in [4.69, 9.17) is 4.74 Å². The fourth-order valence-corrected chi connectivity index (χ4v) is 5.43. The van der Waals surface area contributed by atoms with E-state index in [0.29, 0.717) is 17.7 Å². The van der Waals surface area contributed by atoms with Crippen LogP contribution in [0.25, 0.3) is 10.8 Å². The molecule has 0 unspecified atom stereocenters. The lowest BCUT2D eigenvalue weighted by atomic mass is 10.0. The molecule has 0 radical (unpaired) electrons. The Kier molecular flexibility index (Phi) is 7.50. The molecule has 0 aromatic heterocycles. The molecule has 0 spiro atoms. The number of nitrogens with one attached hydrogen (secondary N) is 1. The van der Waals surface area contributed by atoms with Crippen LogP contribution in [0.2, 0.25) is 0 Å². The highest BCUT2D eigenvalue weighted by molar-refractivity contribution is 7.89. The molecule has 1 atom stereocenters. The topological polar surface area (TPSA) is 95.9 Å². The Bertz CT molecular complexity index is 1180. The van der Waals surface area contributed by atoms with Gasteiger partial charge in [0.2, 0.25) is 10.0 Å². The monoisotopic (exact) mass is 456 g/mol. The molecule has 0 bridgehead atoms. The Labute approximate surface area is 188 Å². The molecular weight excluding hydrogens is 428 g/mol. The highest BCUT2D eigenvalue weighted by atomic mass is 32.2. The summed E-state index contributed by atoms with van der Waals surface area (Å²) in [4.78, 5) is 12.6. The Morgan fingerprint density at radius 2 is 1.72 bits per heavy atom. The van der Waals surface area contributed by atoms with Gasteiger partial charge in [0.15, 0.2) is 0 Å². The zero-order chi connectivity index (χ0) is 23.3. The number of carbonyl (C=O) groups excluding carboxylic acids is 1. The van der Waals surface area contributed by atoms with Crippen LogP contribution in [0, 0.1) is 5.92 Å². The minimum Gasteiger partial charge on any atom is -0.494 e. The molecule has 7 nitrogen and oxygen atoms in total. The molecule has 0 heterocycles. The first kappa shape index (κ1) is 23.7. The maximum atomic E-state index is 13.8. The Morgan fingerprint density at radius 1 is 1.03 bits per heavy atom. The van der Waals surface area contributed by atoms with E-state index in [1.165, 1.54) is 6.07 Å². The molecule has 170 valence electrons. The molecule has 3 rings (SSSR count). The maximum absolute atomic E-state index is 13.8. The highest BCUT2D eigenvalue weighted by Gasteiger charge is 2.38. The SMILES string of the molecule is CCOc1ccc2ccc(S(=O)(=O)N(Cc3ccccc3)[C@@H](C(=O)NO)C(C)C)cc2c1. The molecule has 1 amide bonds. The number of hydroxylamine groups is 1. The molecule has 2 N–H and O–H groups in total. The summed E-state index contributed by atoms with van der Waals surface area (Å²) in [7, 11) is -4.09. The molecule has 0 aliphatic heterocycles. The van der Waals surface area contributed by atoms with E-state index >= 15 is 0 Å². The predicted molar refractivity (Wildman–Crippen MR) is 123 cm³/mol. The number of sulfonamides is 1. The van der Waals surface area contributed by atoms with Crippen molar-refractivity contribution in [2.45, 2.75) is 38.3 Å². The van der Waals surface area contributed by atoms with E-state index in [1.54, 1.807) is 49.7 Å². The van der Waals surface area contributed by atoms with Crippen LogP contribution >= 0.6 is 0 Å². The standard InChI is InChI=1S/C24H28N2O5S/c1-4-31-21-12-10-19-11-13-22(15-20(19)14-21)32(29,30)26(16-18-8-6-5-7-9-18)23(17(2)3)24(27)25-28/h5-15,17,23,28H,4,16H2,1-3H3,(H,25,27)/t23-/m1/s1. The molecule has 0 aliphatic rings. The summed E-state index contributed by atoms with van der Waals surface area (Å²) in [5.74, 6) is -0.514. The second-order valence-corrected chi connectivity index (χ2v) is 9.70. The molecule has 3 aromatic carbocycles. The first-order valence-corrected chi connectivity index (χ1v) is 11.9. The summed E-state index contributed by atoms with van der Waals surface area (Å²) in [6.07, 6.45) is 0. The summed E-state index contributed by atoms with van der Waals surface area (Å²) in [5, 5.41) is 10.9. The third kappa shape index (κ3) is 5.09. The minimum atomic E-state index is -4.09. The average Bonchev–Trinajstić information content (AvgIpc) is 2.78. The zero-order valence-electron chi connectivity index (χ0n) is 18.4. The van der Waals surface area contributed by atoms with Gasteiger partial charge in [0.1, 0.15) is 11.8 Å². The lowest BCUT2D eigenvalue weighted by molar-refractivity contribution is -0.134. The Hall–Kier alpha value is -2.94. The van der Waals surface area contributed by atoms with Gasteiger partial charge in [-0.25, -0.2) is 13.9 Å². The fraction of sp³-hybridized carbons (Fsp3) is 0.292. The molecule has 0 saturated carbocycles. The summed E-state index contributed by atoms with van der Waals surface area (Å²) in [6, 6.07) is 18.3. The third-order valence-electron chi connectivity index (χ3n) is 5.20. The minimum absolute atomic E-state index is 0.0174. The number of fused-ring (bicyclic) bond motifs is 1. The van der Waals surface area contributed by atoms with Gasteiger partial charge >= 0.3 is 0 Å². The van der Waals surface area contributed by atoms with Gasteiger partial charge in [-0.15, -0.1) is 0 Å². The molecule has 3 aromatic rings. The molecule has 0 aliphatic carbocycles. The normalized spacial score (nSPS) is 12.8. The van der Waals surface area contributed by atoms with Crippen molar-refractivity contribution in [3.05, 3.63) is 72.3 Å². The first-order valence-electron chi connectivity index (χ1n) is 10.4. The third-order valence-corrected chi connectivity index (χ3v) is 7.03. The molecular formula is C24H28N2O5S. The number of hydrogen-bond acceptors (Lipinski definition) is 5. The van der Waals surface area contributed by atoms with Gasteiger partial charge < -0.3 is 4.74 Å².